The molecule has 2 atom stereocenters. The summed E-state index contributed by atoms with van der Waals surface area (Å²) in [6.07, 6.45) is 2.37. The van der Waals surface area contributed by atoms with Gasteiger partial charge in [0, 0.05) is 5.02 Å². The minimum Gasteiger partial charge on any atom is -0.330 e. The number of halogens is 1. The van der Waals surface area contributed by atoms with Crippen molar-refractivity contribution in [2.75, 3.05) is 6.54 Å². The van der Waals surface area contributed by atoms with Crippen LogP contribution in [-0.4, -0.2) is 6.54 Å². The summed E-state index contributed by atoms with van der Waals surface area (Å²) in [6, 6.07) is 6.32. The standard InChI is InChI=1S/C14H20ClN/c1-9(2)14-11(8-16)4-3-10-5-6-12(15)7-13(10)14/h5-7,9,11,14H,3-4,8,16H2,1-2H3. The van der Waals surface area contributed by atoms with Crippen molar-refractivity contribution in [1.29, 1.82) is 0 Å². The van der Waals surface area contributed by atoms with E-state index in [1.807, 2.05) is 6.07 Å². The maximum absolute atomic E-state index is 6.11. The predicted octanol–water partition coefficient (Wildman–Crippen LogP) is 3.60. The van der Waals surface area contributed by atoms with Crippen molar-refractivity contribution in [3.8, 4) is 0 Å². The maximum Gasteiger partial charge on any atom is 0.0409 e. The van der Waals surface area contributed by atoms with Crippen molar-refractivity contribution in [3.63, 3.8) is 0 Å². The molecule has 2 heteroatoms. The molecular formula is C14H20ClN. The first kappa shape index (κ1) is 11.9. The first-order chi connectivity index (χ1) is 7.63. The van der Waals surface area contributed by atoms with Gasteiger partial charge >= 0.3 is 0 Å². The van der Waals surface area contributed by atoms with Gasteiger partial charge in [0.25, 0.3) is 0 Å². The molecule has 1 aliphatic carbocycles. The van der Waals surface area contributed by atoms with Crippen molar-refractivity contribution in [3.05, 3.63) is 34.3 Å². The minimum absolute atomic E-state index is 0.576. The van der Waals surface area contributed by atoms with E-state index in [0.29, 0.717) is 17.8 Å². The molecule has 1 aromatic rings. The molecule has 2 unspecified atom stereocenters. The molecule has 0 saturated heterocycles. The van der Waals surface area contributed by atoms with Crippen molar-refractivity contribution < 1.29 is 0 Å². The average Bonchev–Trinajstić information content (AvgIpc) is 2.26. The number of fused-ring (bicyclic) bond motifs is 1. The Bertz CT molecular complexity index is 373. The quantitative estimate of drug-likeness (QED) is 0.836. The summed E-state index contributed by atoms with van der Waals surface area (Å²) in [5, 5.41) is 0.849. The molecule has 1 aliphatic rings. The topological polar surface area (TPSA) is 26.0 Å². The van der Waals surface area contributed by atoms with Crippen LogP contribution < -0.4 is 5.73 Å². The van der Waals surface area contributed by atoms with Gasteiger partial charge in [-0.15, -0.1) is 0 Å². The van der Waals surface area contributed by atoms with Crippen LogP contribution in [0.3, 0.4) is 0 Å². The summed E-state index contributed by atoms with van der Waals surface area (Å²) in [6.45, 7) is 5.35. The molecule has 2 rings (SSSR count). The molecule has 88 valence electrons. The molecule has 0 aromatic heterocycles. The molecule has 0 bridgehead atoms. The third-order valence-corrected chi connectivity index (χ3v) is 4.02. The van der Waals surface area contributed by atoms with Gasteiger partial charge in [-0.1, -0.05) is 31.5 Å². The molecule has 0 spiro atoms. The highest BCUT2D eigenvalue weighted by atomic mass is 35.5. The van der Waals surface area contributed by atoms with E-state index in [9.17, 15) is 0 Å². The summed E-state index contributed by atoms with van der Waals surface area (Å²) >= 11 is 6.11. The number of benzene rings is 1. The Morgan fingerprint density at radius 3 is 2.81 bits per heavy atom. The Hall–Kier alpha value is -0.530. The van der Waals surface area contributed by atoms with E-state index in [2.05, 4.69) is 26.0 Å². The smallest absolute Gasteiger partial charge is 0.0409 e. The molecule has 0 radical (unpaired) electrons. The zero-order valence-corrected chi connectivity index (χ0v) is 10.8. The predicted molar refractivity (Wildman–Crippen MR) is 69.9 cm³/mol. The molecule has 16 heavy (non-hydrogen) atoms. The normalized spacial score (nSPS) is 24.6. The average molecular weight is 238 g/mol. The van der Waals surface area contributed by atoms with E-state index in [-0.39, 0.29) is 0 Å². The summed E-state index contributed by atoms with van der Waals surface area (Å²) in [5.74, 6) is 1.82. The zero-order valence-electron chi connectivity index (χ0n) is 10.0. The Labute approximate surface area is 103 Å². The lowest BCUT2D eigenvalue weighted by atomic mass is 9.70. The summed E-state index contributed by atoms with van der Waals surface area (Å²) in [4.78, 5) is 0. The highest BCUT2D eigenvalue weighted by Crippen LogP contribution is 2.41. The highest BCUT2D eigenvalue weighted by Gasteiger charge is 2.30. The molecule has 0 aliphatic heterocycles. The SMILES string of the molecule is CC(C)C1c2cc(Cl)ccc2CCC1CN. The van der Waals surface area contributed by atoms with Crippen LogP contribution in [0.2, 0.25) is 5.02 Å². The molecular weight excluding hydrogens is 218 g/mol. The number of nitrogens with two attached hydrogens (primary N) is 1. The van der Waals surface area contributed by atoms with Gasteiger partial charge in [-0.3, -0.25) is 0 Å². The van der Waals surface area contributed by atoms with Crippen LogP contribution in [0.15, 0.2) is 18.2 Å². The fourth-order valence-corrected chi connectivity index (χ4v) is 3.23. The Morgan fingerprint density at radius 1 is 1.44 bits per heavy atom. The van der Waals surface area contributed by atoms with Crippen LogP contribution in [-0.2, 0) is 6.42 Å². The monoisotopic (exact) mass is 237 g/mol. The summed E-state index contributed by atoms with van der Waals surface area (Å²) < 4.78 is 0. The van der Waals surface area contributed by atoms with E-state index in [1.165, 1.54) is 17.5 Å². The fourth-order valence-electron chi connectivity index (χ4n) is 3.05. The second-order valence-electron chi connectivity index (χ2n) is 5.15. The van der Waals surface area contributed by atoms with E-state index >= 15 is 0 Å². The fraction of sp³-hybridized carbons (Fsp3) is 0.571. The lowest BCUT2D eigenvalue weighted by Gasteiger charge is -2.35. The number of aryl methyl sites for hydroxylation is 1. The minimum atomic E-state index is 0.576. The molecule has 0 amide bonds. The largest absolute Gasteiger partial charge is 0.330 e. The number of hydrogen-bond donors (Lipinski definition) is 1. The molecule has 2 N–H and O–H groups in total. The van der Waals surface area contributed by atoms with Gasteiger partial charge in [0.05, 0.1) is 0 Å². The van der Waals surface area contributed by atoms with Crippen molar-refractivity contribution in [1.82, 2.24) is 0 Å². The van der Waals surface area contributed by atoms with Gasteiger partial charge in [0.1, 0.15) is 0 Å². The van der Waals surface area contributed by atoms with E-state index in [1.54, 1.807) is 0 Å². The van der Waals surface area contributed by atoms with Crippen LogP contribution in [0.25, 0.3) is 0 Å². The number of hydrogen-bond acceptors (Lipinski definition) is 1. The van der Waals surface area contributed by atoms with E-state index < -0.39 is 0 Å². The van der Waals surface area contributed by atoms with Crippen molar-refractivity contribution in [2.45, 2.75) is 32.6 Å². The second-order valence-corrected chi connectivity index (χ2v) is 5.58. The highest BCUT2D eigenvalue weighted by molar-refractivity contribution is 6.30. The van der Waals surface area contributed by atoms with Crippen molar-refractivity contribution in [2.24, 2.45) is 17.6 Å². The molecule has 0 saturated carbocycles. The van der Waals surface area contributed by atoms with Gasteiger partial charge in [-0.05, 0) is 60.4 Å². The molecule has 0 fully saturated rings. The lowest BCUT2D eigenvalue weighted by molar-refractivity contribution is 0.311. The van der Waals surface area contributed by atoms with Gasteiger partial charge in [-0.25, -0.2) is 0 Å². The van der Waals surface area contributed by atoms with Gasteiger partial charge in [0.15, 0.2) is 0 Å². The van der Waals surface area contributed by atoms with Crippen LogP contribution >= 0.6 is 11.6 Å². The van der Waals surface area contributed by atoms with Gasteiger partial charge in [-0.2, -0.15) is 0 Å². The third kappa shape index (κ3) is 2.11. The first-order valence-corrected chi connectivity index (χ1v) is 6.49. The Kier molecular flexibility index (Phi) is 3.56. The Morgan fingerprint density at radius 2 is 2.19 bits per heavy atom. The maximum atomic E-state index is 6.11. The second kappa shape index (κ2) is 4.77. The van der Waals surface area contributed by atoms with E-state index in [0.717, 1.165) is 18.0 Å². The Balaban J connectivity index is 2.43. The number of rotatable bonds is 2. The molecule has 0 heterocycles. The lowest BCUT2D eigenvalue weighted by Crippen LogP contribution is -2.30. The molecule has 1 nitrogen and oxygen atoms in total. The third-order valence-electron chi connectivity index (χ3n) is 3.78. The van der Waals surface area contributed by atoms with Gasteiger partial charge < -0.3 is 5.73 Å². The molecule has 1 aromatic carbocycles. The van der Waals surface area contributed by atoms with Crippen LogP contribution in [0, 0.1) is 11.8 Å². The zero-order chi connectivity index (χ0) is 11.7. The van der Waals surface area contributed by atoms with Crippen LogP contribution in [0.5, 0.6) is 0 Å². The summed E-state index contributed by atoms with van der Waals surface area (Å²) in [5.41, 5.74) is 8.79. The van der Waals surface area contributed by atoms with E-state index in [4.69, 9.17) is 17.3 Å². The van der Waals surface area contributed by atoms with Crippen LogP contribution in [0.4, 0.5) is 0 Å². The first-order valence-electron chi connectivity index (χ1n) is 6.12. The van der Waals surface area contributed by atoms with Crippen molar-refractivity contribution >= 4 is 11.6 Å². The van der Waals surface area contributed by atoms with Crippen LogP contribution in [0.1, 0.15) is 37.3 Å². The van der Waals surface area contributed by atoms with Gasteiger partial charge in [0.2, 0.25) is 0 Å². The summed E-state index contributed by atoms with van der Waals surface area (Å²) in [7, 11) is 0.